The summed E-state index contributed by atoms with van der Waals surface area (Å²) in [5.74, 6) is 0.672. The predicted molar refractivity (Wildman–Crippen MR) is 85.6 cm³/mol. The lowest BCUT2D eigenvalue weighted by molar-refractivity contribution is -0.127. The highest BCUT2D eigenvalue weighted by Gasteiger charge is 2.35. The van der Waals surface area contributed by atoms with Gasteiger partial charge in [-0.2, -0.15) is 0 Å². The highest BCUT2D eigenvalue weighted by atomic mass is 35.5. The summed E-state index contributed by atoms with van der Waals surface area (Å²) in [5.41, 5.74) is 1.35. The summed E-state index contributed by atoms with van der Waals surface area (Å²) in [6, 6.07) is 8.82. The third-order valence-corrected chi connectivity index (χ3v) is 4.93. The van der Waals surface area contributed by atoms with E-state index < -0.39 is 0 Å². The fraction of sp³-hybridized carbons (Fsp3) is 0.471. The number of rotatable bonds is 3. The van der Waals surface area contributed by atoms with E-state index in [2.05, 4.69) is 23.6 Å². The molecule has 0 atom stereocenters. The zero-order valence-corrected chi connectivity index (χ0v) is 12.9. The first-order valence-corrected chi connectivity index (χ1v) is 7.96. The number of halogens is 1. The molecular formula is C17H21ClN2O. The van der Waals surface area contributed by atoms with Crippen LogP contribution in [0.4, 0.5) is 0 Å². The average molecular weight is 305 g/mol. The maximum absolute atomic E-state index is 11.6. The van der Waals surface area contributed by atoms with Gasteiger partial charge < -0.3 is 4.90 Å². The zero-order chi connectivity index (χ0) is 14.8. The summed E-state index contributed by atoms with van der Waals surface area (Å²) >= 11 is 6.06. The van der Waals surface area contributed by atoms with Crippen molar-refractivity contribution in [3.8, 4) is 0 Å². The van der Waals surface area contributed by atoms with Crippen molar-refractivity contribution in [2.24, 2.45) is 0 Å². The molecule has 0 bridgehead atoms. The molecule has 2 aliphatic heterocycles. The minimum atomic E-state index is 0.0638. The molecule has 1 aromatic rings. The van der Waals surface area contributed by atoms with Gasteiger partial charge in [0.05, 0.1) is 0 Å². The number of benzene rings is 1. The molecule has 2 saturated heterocycles. The summed E-state index contributed by atoms with van der Waals surface area (Å²) in [6.45, 7) is 7.49. The summed E-state index contributed by atoms with van der Waals surface area (Å²) in [4.78, 5) is 16.0. The second kappa shape index (κ2) is 6.20. The molecule has 0 radical (unpaired) electrons. The Balaban J connectivity index is 1.49. The maximum Gasteiger partial charge on any atom is 0.245 e. The van der Waals surface area contributed by atoms with Crippen molar-refractivity contribution in [2.45, 2.75) is 24.8 Å². The van der Waals surface area contributed by atoms with Crippen LogP contribution in [0.3, 0.4) is 0 Å². The maximum atomic E-state index is 11.6. The van der Waals surface area contributed by atoms with Gasteiger partial charge in [0.25, 0.3) is 0 Å². The van der Waals surface area contributed by atoms with Gasteiger partial charge >= 0.3 is 0 Å². The minimum Gasteiger partial charge on any atom is -0.339 e. The highest BCUT2D eigenvalue weighted by molar-refractivity contribution is 6.30. The number of likely N-dealkylation sites (tertiary alicyclic amines) is 2. The molecule has 0 spiro atoms. The third-order valence-electron chi connectivity index (χ3n) is 4.70. The van der Waals surface area contributed by atoms with E-state index >= 15 is 0 Å². The molecule has 0 aromatic heterocycles. The number of piperidine rings is 1. The van der Waals surface area contributed by atoms with Gasteiger partial charge in [-0.05, 0) is 36.6 Å². The number of nitrogens with zero attached hydrogens (tertiary/aromatic N) is 2. The van der Waals surface area contributed by atoms with E-state index in [1.165, 1.54) is 11.6 Å². The van der Waals surface area contributed by atoms with Gasteiger partial charge in [0.2, 0.25) is 5.91 Å². The molecule has 0 aliphatic carbocycles. The molecule has 2 aliphatic rings. The summed E-state index contributed by atoms with van der Waals surface area (Å²) in [5, 5.41) is 0.821. The monoisotopic (exact) mass is 304 g/mol. The lowest BCUT2D eigenvalue weighted by atomic mass is 9.88. The van der Waals surface area contributed by atoms with E-state index in [9.17, 15) is 4.79 Å². The van der Waals surface area contributed by atoms with Gasteiger partial charge in [-0.15, -0.1) is 0 Å². The number of amides is 1. The molecule has 0 unspecified atom stereocenters. The lowest BCUT2D eigenvalue weighted by Crippen LogP contribution is -2.54. The molecule has 3 rings (SSSR count). The molecule has 0 N–H and O–H groups in total. The Bertz CT molecular complexity index is 531. The van der Waals surface area contributed by atoms with Crippen LogP contribution in [0, 0.1) is 0 Å². The van der Waals surface area contributed by atoms with Crippen LogP contribution in [0.5, 0.6) is 0 Å². The van der Waals surface area contributed by atoms with Gasteiger partial charge in [-0.25, -0.2) is 0 Å². The highest BCUT2D eigenvalue weighted by Crippen LogP contribution is 2.32. The average Bonchev–Trinajstić information content (AvgIpc) is 2.46. The van der Waals surface area contributed by atoms with E-state index in [1.54, 1.807) is 0 Å². The molecule has 1 aromatic carbocycles. The molecule has 2 heterocycles. The smallest absolute Gasteiger partial charge is 0.245 e. The van der Waals surface area contributed by atoms with Crippen molar-refractivity contribution in [2.75, 3.05) is 26.2 Å². The van der Waals surface area contributed by atoms with Crippen molar-refractivity contribution in [1.82, 2.24) is 9.80 Å². The summed E-state index contributed by atoms with van der Waals surface area (Å²) < 4.78 is 0. The number of hydrogen-bond donors (Lipinski definition) is 0. The van der Waals surface area contributed by atoms with Crippen molar-refractivity contribution >= 4 is 17.5 Å². The zero-order valence-electron chi connectivity index (χ0n) is 12.2. The Morgan fingerprint density at radius 1 is 1.29 bits per heavy atom. The number of carbonyl (C=O) groups is 1. The van der Waals surface area contributed by atoms with Crippen molar-refractivity contribution < 1.29 is 4.79 Å². The fourth-order valence-electron chi connectivity index (χ4n) is 3.36. The molecule has 3 nitrogen and oxygen atoms in total. The van der Waals surface area contributed by atoms with E-state index in [4.69, 9.17) is 11.6 Å². The van der Waals surface area contributed by atoms with Gasteiger partial charge in [0.15, 0.2) is 0 Å². The van der Waals surface area contributed by atoms with Crippen LogP contribution < -0.4 is 0 Å². The lowest BCUT2D eigenvalue weighted by Gasteiger charge is -2.47. The number of carbonyl (C=O) groups excluding carboxylic acids is 1. The Kier molecular flexibility index (Phi) is 4.32. The molecule has 4 heteroatoms. The number of hydrogen-bond acceptors (Lipinski definition) is 2. The predicted octanol–water partition coefficient (Wildman–Crippen LogP) is 2.92. The Hall–Kier alpha value is -1.32. The van der Waals surface area contributed by atoms with Crippen LogP contribution >= 0.6 is 11.6 Å². The minimum absolute atomic E-state index is 0.0638. The molecular weight excluding hydrogens is 284 g/mol. The van der Waals surface area contributed by atoms with Crippen molar-refractivity contribution in [3.63, 3.8) is 0 Å². The normalized spacial score (nSPS) is 21.1. The van der Waals surface area contributed by atoms with Crippen molar-refractivity contribution in [1.29, 1.82) is 0 Å². The summed E-state index contributed by atoms with van der Waals surface area (Å²) in [7, 11) is 0. The molecule has 21 heavy (non-hydrogen) atoms. The fourth-order valence-corrected chi connectivity index (χ4v) is 3.56. The topological polar surface area (TPSA) is 23.6 Å². The van der Waals surface area contributed by atoms with Crippen LogP contribution in [-0.2, 0) is 4.79 Å². The van der Waals surface area contributed by atoms with Gasteiger partial charge in [0.1, 0.15) is 0 Å². The standard InChI is InChI=1S/C17H21ClN2O/c1-2-17(21)19-8-6-16(7-9-19)20-11-14(12-20)13-4-3-5-15(18)10-13/h2-5,10,14,16H,1,6-9,11-12H2. The Morgan fingerprint density at radius 3 is 2.62 bits per heavy atom. The quantitative estimate of drug-likeness (QED) is 0.802. The first kappa shape index (κ1) is 14.6. The van der Waals surface area contributed by atoms with Crippen LogP contribution in [0.15, 0.2) is 36.9 Å². The SMILES string of the molecule is C=CC(=O)N1CCC(N2CC(c3cccc(Cl)c3)C2)CC1. The van der Waals surface area contributed by atoms with Crippen molar-refractivity contribution in [3.05, 3.63) is 47.5 Å². The summed E-state index contributed by atoms with van der Waals surface area (Å²) in [6.07, 6.45) is 3.56. The third kappa shape index (κ3) is 3.14. The Morgan fingerprint density at radius 2 is 2.00 bits per heavy atom. The second-order valence-corrected chi connectivity index (χ2v) is 6.40. The van der Waals surface area contributed by atoms with E-state index in [0.717, 1.165) is 44.0 Å². The first-order chi connectivity index (χ1) is 10.2. The van der Waals surface area contributed by atoms with E-state index in [-0.39, 0.29) is 5.91 Å². The first-order valence-electron chi connectivity index (χ1n) is 7.58. The molecule has 0 saturated carbocycles. The largest absolute Gasteiger partial charge is 0.339 e. The molecule has 112 valence electrons. The van der Waals surface area contributed by atoms with Crippen LogP contribution in [0.25, 0.3) is 0 Å². The van der Waals surface area contributed by atoms with Crippen LogP contribution in [-0.4, -0.2) is 47.9 Å². The van der Waals surface area contributed by atoms with E-state index in [0.29, 0.717) is 12.0 Å². The molecule has 1 amide bonds. The van der Waals surface area contributed by atoms with Gasteiger partial charge in [-0.3, -0.25) is 9.69 Å². The van der Waals surface area contributed by atoms with Crippen LogP contribution in [0.1, 0.15) is 24.3 Å². The van der Waals surface area contributed by atoms with Crippen LogP contribution in [0.2, 0.25) is 5.02 Å². The van der Waals surface area contributed by atoms with Gasteiger partial charge in [0, 0.05) is 43.2 Å². The van der Waals surface area contributed by atoms with Gasteiger partial charge in [-0.1, -0.05) is 30.3 Å². The van der Waals surface area contributed by atoms with E-state index in [1.807, 2.05) is 17.0 Å². The molecule has 2 fully saturated rings. The Labute approximate surface area is 131 Å². The second-order valence-electron chi connectivity index (χ2n) is 5.97.